The quantitative estimate of drug-likeness (QED) is 0.747. The average molecular weight is 430 g/mol. The van der Waals surface area contributed by atoms with Crippen LogP contribution in [-0.2, 0) is 31.8 Å². The smallest absolute Gasteiger partial charge is 0.416 e. The van der Waals surface area contributed by atoms with E-state index in [9.17, 15) is 22.8 Å². The van der Waals surface area contributed by atoms with Gasteiger partial charge >= 0.3 is 18.1 Å². The van der Waals surface area contributed by atoms with Crippen molar-refractivity contribution in [2.45, 2.75) is 25.6 Å². The lowest BCUT2D eigenvalue weighted by Gasteiger charge is -2.29. The second-order valence-electron chi connectivity index (χ2n) is 7.05. The molecule has 1 aromatic carbocycles. The van der Waals surface area contributed by atoms with Gasteiger partial charge in [0.1, 0.15) is 13.2 Å². The topological polar surface area (TPSA) is 77.5 Å². The van der Waals surface area contributed by atoms with Crippen LogP contribution in [0.4, 0.5) is 13.2 Å². The summed E-state index contributed by atoms with van der Waals surface area (Å²) in [6.07, 6.45) is -3.15. The monoisotopic (exact) mass is 430 g/mol. The molecular weight excluding hydrogens is 413 g/mol. The van der Waals surface area contributed by atoms with Gasteiger partial charge in [-0.2, -0.15) is 13.2 Å². The van der Waals surface area contributed by atoms with E-state index in [1.54, 1.807) is 25.1 Å². The molecule has 4 rings (SSSR count). The summed E-state index contributed by atoms with van der Waals surface area (Å²) in [5.74, 6) is -2.89. The number of hydrogen-bond donors (Lipinski definition) is 1. The van der Waals surface area contributed by atoms with Crippen molar-refractivity contribution >= 4 is 11.9 Å². The van der Waals surface area contributed by atoms with Gasteiger partial charge in [0.05, 0.1) is 34.0 Å². The molecule has 0 amide bonds. The standard InChI is InChI=1S/C22H17F3N2O4/c1-12-17(20(28)30-10-13-6-4-5-9-26-13)18(19-16(27-12)11-31-21(19)29)14-7-2-3-8-15(14)22(23,24)25/h2-9,18,27H,10-11H2,1H3. The zero-order valence-corrected chi connectivity index (χ0v) is 16.3. The van der Waals surface area contributed by atoms with Crippen LogP contribution in [0.5, 0.6) is 0 Å². The Hall–Kier alpha value is -3.62. The van der Waals surface area contributed by atoms with Gasteiger partial charge < -0.3 is 14.8 Å². The zero-order valence-electron chi connectivity index (χ0n) is 16.3. The molecule has 9 heteroatoms. The number of benzene rings is 1. The molecular formula is C22H17F3N2O4. The first-order valence-electron chi connectivity index (χ1n) is 9.38. The first-order chi connectivity index (χ1) is 14.8. The lowest BCUT2D eigenvalue weighted by atomic mass is 9.79. The van der Waals surface area contributed by atoms with E-state index in [-0.39, 0.29) is 29.9 Å². The van der Waals surface area contributed by atoms with Gasteiger partial charge in [-0.05, 0) is 30.7 Å². The fourth-order valence-electron chi connectivity index (χ4n) is 3.76. The van der Waals surface area contributed by atoms with E-state index in [0.717, 1.165) is 6.07 Å². The summed E-state index contributed by atoms with van der Waals surface area (Å²) in [6, 6.07) is 9.94. The highest BCUT2D eigenvalue weighted by molar-refractivity contribution is 6.01. The average Bonchev–Trinajstić information content (AvgIpc) is 3.11. The fraction of sp³-hybridized carbons (Fsp3) is 0.227. The minimum atomic E-state index is -4.68. The molecule has 1 N–H and O–H groups in total. The summed E-state index contributed by atoms with van der Waals surface area (Å²) in [6.45, 7) is 1.28. The fourth-order valence-corrected chi connectivity index (χ4v) is 3.76. The summed E-state index contributed by atoms with van der Waals surface area (Å²) >= 11 is 0. The van der Waals surface area contributed by atoms with Crippen molar-refractivity contribution in [3.8, 4) is 0 Å². The number of nitrogens with one attached hydrogen (secondary N) is 1. The second kappa shape index (κ2) is 7.90. The van der Waals surface area contributed by atoms with Crippen LogP contribution in [0.15, 0.2) is 71.2 Å². The number of carbonyl (C=O) groups excluding carboxylic acids is 2. The summed E-state index contributed by atoms with van der Waals surface area (Å²) in [4.78, 5) is 29.5. The van der Waals surface area contributed by atoms with Crippen LogP contribution in [-0.4, -0.2) is 23.5 Å². The molecule has 0 saturated heterocycles. The van der Waals surface area contributed by atoms with Gasteiger partial charge in [0.2, 0.25) is 0 Å². The summed E-state index contributed by atoms with van der Waals surface area (Å²) in [5, 5.41) is 2.91. The van der Waals surface area contributed by atoms with Crippen LogP contribution in [0.25, 0.3) is 0 Å². The number of dihydropyridines is 1. The Labute approximate surface area is 175 Å². The van der Waals surface area contributed by atoms with Gasteiger partial charge in [-0.1, -0.05) is 24.3 Å². The molecule has 31 heavy (non-hydrogen) atoms. The number of hydrogen-bond acceptors (Lipinski definition) is 6. The predicted octanol–water partition coefficient (Wildman–Crippen LogP) is 3.62. The molecule has 160 valence electrons. The summed E-state index contributed by atoms with van der Waals surface area (Å²) in [5.41, 5.74) is -0.137. The number of alkyl halides is 3. The van der Waals surface area contributed by atoms with Crippen LogP contribution < -0.4 is 5.32 Å². The third-order valence-electron chi connectivity index (χ3n) is 5.09. The normalized spacial score (nSPS) is 18.5. The Bertz CT molecular complexity index is 1110. The molecule has 0 fully saturated rings. The maximum atomic E-state index is 13.8. The number of carbonyl (C=O) groups is 2. The Kier molecular flexibility index (Phi) is 5.26. The highest BCUT2D eigenvalue weighted by atomic mass is 19.4. The molecule has 1 aromatic heterocycles. The first-order valence-corrected chi connectivity index (χ1v) is 9.38. The SMILES string of the molecule is CC1=C(C(=O)OCc2ccccn2)C(c2ccccc2C(F)(F)F)C2=C(COC2=O)N1. The van der Waals surface area contributed by atoms with Gasteiger partial charge in [-0.25, -0.2) is 9.59 Å². The first kappa shape index (κ1) is 20.6. The Morgan fingerprint density at radius 1 is 1.23 bits per heavy atom. The third-order valence-corrected chi connectivity index (χ3v) is 5.09. The molecule has 0 radical (unpaired) electrons. The van der Waals surface area contributed by atoms with E-state index < -0.39 is 29.6 Å². The van der Waals surface area contributed by atoms with Crippen LogP contribution in [0, 0.1) is 0 Å². The number of rotatable bonds is 4. The number of esters is 2. The highest BCUT2D eigenvalue weighted by Gasteiger charge is 2.45. The van der Waals surface area contributed by atoms with Crippen molar-refractivity contribution in [3.63, 3.8) is 0 Å². The number of aromatic nitrogens is 1. The van der Waals surface area contributed by atoms with E-state index in [2.05, 4.69) is 10.3 Å². The Balaban J connectivity index is 1.77. The molecule has 0 saturated carbocycles. The van der Waals surface area contributed by atoms with Gasteiger partial charge in [0, 0.05) is 11.9 Å². The number of nitrogens with zero attached hydrogens (tertiary/aromatic N) is 1. The predicted molar refractivity (Wildman–Crippen MR) is 102 cm³/mol. The van der Waals surface area contributed by atoms with Gasteiger partial charge in [0.15, 0.2) is 0 Å². The van der Waals surface area contributed by atoms with Crippen molar-refractivity contribution in [3.05, 3.63) is 88.0 Å². The number of allylic oxidation sites excluding steroid dienone is 1. The molecule has 2 aliphatic rings. The molecule has 1 unspecified atom stereocenters. The highest BCUT2D eigenvalue weighted by Crippen LogP contribution is 2.45. The van der Waals surface area contributed by atoms with Crippen molar-refractivity contribution in [1.82, 2.24) is 10.3 Å². The molecule has 3 heterocycles. The maximum absolute atomic E-state index is 13.8. The van der Waals surface area contributed by atoms with Crippen LogP contribution >= 0.6 is 0 Å². The van der Waals surface area contributed by atoms with Crippen molar-refractivity contribution in [2.75, 3.05) is 6.61 Å². The Morgan fingerprint density at radius 2 is 1.97 bits per heavy atom. The largest absolute Gasteiger partial charge is 0.456 e. The molecule has 1 atom stereocenters. The van der Waals surface area contributed by atoms with Crippen LogP contribution in [0.3, 0.4) is 0 Å². The van der Waals surface area contributed by atoms with Gasteiger partial charge in [0.25, 0.3) is 0 Å². The maximum Gasteiger partial charge on any atom is 0.416 e. The zero-order chi connectivity index (χ0) is 22.2. The minimum absolute atomic E-state index is 0.0212. The summed E-state index contributed by atoms with van der Waals surface area (Å²) in [7, 11) is 0. The number of cyclic esters (lactones) is 1. The molecule has 0 spiro atoms. The van der Waals surface area contributed by atoms with E-state index >= 15 is 0 Å². The van der Waals surface area contributed by atoms with Crippen molar-refractivity contribution in [1.29, 1.82) is 0 Å². The molecule has 0 aliphatic carbocycles. The minimum Gasteiger partial charge on any atom is -0.456 e. The second-order valence-corrected chi connectivity index (χ2v) is 7.05. The van der Waals surface area contributed by atoms with E-state index in [1.807, 2.05) is 0 Å². The summed E-state index contributed by atoms with van der Waals surface area (Å²) < 4.78 is 51.6. The molecule has 2 aliphatic heterocycles. The molecule has 2 aromatic rings. The number of ether oxygens (including phenoxy) is 2. The van der Waals surface area contributed by atoms with Gasteiger partial charge in [-0.15, -0.1) is 0 Å². The lowest BCUT2D eigenvalue weighted by molar-refractivity contribution is -0.142. The van der Waals surface area contributed by atoms with Crippen molar-refractivity contribution in [2.24, 2.45) is 0 Å². The lowest BCUT2D eigenvalue weighted by Crippen LogP contribution is -2.31. The number of pyridine rings is 1. The van der Waals surface area contributed by atoms with Crippen LogP contribution in [0.1, 0.15) is 29.7 Å². The van der Waals surface area contributed by atoms with E-state index in [4.69, 9.17) is 9.47 Å². The van der Waals surface area contributed by atoms with Gasteiger partial charge in [-0.3, -0.25) is 4.98 Å². The van der Waals surface area contributed by atoms with Crippen molar-refractivity contribution < 1.29 is 32.2 Å². The molecule has 6 nitrogen and oxygen atoms in total. The van der Waals surface area contributed by atoms with Crippen LogP contribution in [0.2, 0.25) is 0 Å². The molecule has 0 bridgehead atoms. The third kappa shape index (κ3) is 3.90. The Morgan fingerprint density at radius 3 is 2.68 bits per heavy atom. The number of halogens is 3. The van der Waals surface area contributed by atoms with E-state index in [1.165, 1.54) is 24.4 Å². The van der Waals surface area contributed by atoms with E-state index in [0.29, 0.717) is 17.1 Å².